The summed E-state index contributed by atoms with van der Waals surface area (Å²) >= 11 is 13.6. The first-order chi connectivity index (χ1) is 24.0. The van der Waals surface area contributed by atoms with Crippen LogP contribution in [0.15, 0.2) is 54.6 Å². The summed E-state index contributed by atoms with van der Waals surface area (Å²) in [5.74, 6) is -0.265. The number of urea groups is 1. The van der Waals surface area contributed by atoms with E-state index in [1.54, 1.807) is 50.1 Å². The van der Waals surface area contributed by atoms with E-state index in [1.165, 1.54) is 11.3 Å². The van der Waals surface area contributed by atoms with E-state index < -0.39 is 18.2 Å². The van der Waals surface area contributed by atoms with Gasteiger partial charge >= 0.3 is 6.03 Å². The number of ether oxygens (including phenoxy) is 1. The monoisotopic (exact) mass is 736 g/mol. The zero-order chi connectivity index (χ0) is 35.3. The van der Waals surface area contributed by atoms with Gasteiger partial charge in [0.2, 0.25) is 11.8 Å². The fourth-order valence-corrected chi connectivity index (χ4v) is 7.86. The number of carbonyl (C=O) groups excluding carboxylic acids is 4. The number of anilines is 2. The van der Waals surface area contributed by atoms with Gasteiger partial charge in [-0.15, -0.1) is 0 Å². The lowest BCUT2D eigenvalue weighted by Gasteiger charge is -2.47. The summed E-state index contributed by atoms with van der Waals surface area (Å²) in [6.45, 7) is 4.11. The number of nitrogens with zero attached hydrogens (tertiary/aromatic N) is 5. The lowest BCUT2D eigenvalue weighted by atomic mass is 9.99. The van der Waals surface area contributed by atoms with Crippen LogP contribution in [0.3, 0.4) is 0 Å². The minimum absolute atomic E-state index is 0.0764. The molecule has 0 unspecified atom stereocenters. The molecule has 1 aromatic heterocycles. The third kappa shape index (κ3) is 6.51. The number of hydrogen-bond donors (Lipinski definition) is 3. The smallest absolute Gasteiger partial charge is 0.332 e. The molecule has 2 fully saturated rings. The van der Waals surface area contributed by atoms with Gasteiger partial charge in [-0.05, 0) is 60.9 Å². The third-order valence-corrected chi connectivity index (χ3v) is 10.5. The first-order valence-electron chi connectivity index (χ1n) is 16.0. The van der Waals surface area contributed by atoms with Crippen molar-refractivity contribution in [3.8, 4) is 5.75 Å². The average Bonchev–Trinajstić information content (AvgIpc) is 3.62. The maximum atomic E-state index is 14.4. The average molecular weight is 738 g/mol. The Morgan fingerprint density at radius 3 is 2.70 bits per heavy atom. The maximum absolute atomic E-state index is 14.4. The van der Waals surface area contributed by atoms with E-state index in [2.05, 4.69) is 15.6 Å². The van der Waals surface area contributed by atoms with Crippen LogP contribution in [0.5, 0.6) is 5.75 Å². The number of benzene rings is 3. The van der Waals surface area contributed by atoms with Crippen molar-refractivity contribution in [2.75, 3.05) is 30.7 Å². The summed E-state index contributed by atoms with van der Waals surface area (Å²) < 4.78 is 6.43. The Hall–Kier alpha value is -4.63. The maximum Gasteiger partial charge on any atom is 0.332 e. The van der Waals surface area contributed by atoms with Crippen LogP contribution in [-0.4, -0.2) is 86.5 Å². The number of halogens is 2. The fourth-order valence-electron chi connectivity index (χ4n) is 6.76. The molecule has 0 bridgehead atoms. The minimum atomic E-state index is -0.891. The van der Waals surface area contributed by atoms with Gasteiger partial charge in [-0.2, -0.15) is 5.01 Å². The number of thiazole rings is 1. The number of rotatable bonds is 8. The lowest BCUT2D eigenvalue weighted by Crippen LogP contribution is -2.66. The number of carbonyl (C=O) groups is 4. The first-order valence-corrected chi connectivity index (χ1v) is 17.6. The van der Waals surface area contributed by atoms with Gasteiger partial charge in [0.25, 0.3) is 5.91 Å². The van der Waals surface area contributed by atoms with E-state index in [4.69, 9.17) is 33.7 Å². The third-order valence-electron chi connectivity index (χ3n) is 8.95. The first kappa shape index (κ1) is 33.8. The Morgan fingerprint density at radius 2 is 1.92 bits per heavy atom. The van der Waals surface area contributed by atoms with E-state index in [-0.39, 0.29) is 63.0 Å². The SMILES string of the molecule is CC(C)N(C(=O)NCc1ccc(Cl)c(Cl)c1)N1CC(=O)N2[C@@H](Cc3ccc4c(c3)NC(=O)CO4)C(=O)N(Cc3cccc4sc(N)nc34)C[C@@H]21. The number of para-hydroxylation sites is 1. The molecule has 5 amide bonds. The van der Waals surface area contributed by atoms with Gasteiger partial charge in [-0.1, -0.05) is 58.8 Å². The molecular formula is C34H34Cl2N8O5S. The molecule has 4 heterocycles. The van der Waals surface area contributed by atoms with Crippen LogP contribution in [0.25, 0.3) is 10.2 Å². The molecule has 3 aromatic carbocycles. The Kier molecular flexibility index (Phi) is 9.20. The van der Waals surface area contributed by atoms with E-state index in [1.807, 2.05) is 38.1 Å². The molecule has 0 radical (unpaired) electrons. The summed E-state index contributed by atoms with van der Waals surface area (Å²) in [6.07, 6.45) is -0.475. The second-order valence-electron chi connectivity index (χ2n) is 12.6. The molecule has 0 aliphatic carbocycles. The molecule has 7 rings (SSSR count). The summed E-state index contributed by atoms with van der Waals surface area (Å²) in [4.78, 5) is 62.0. The molecule has 0 saturated carbocycles. The van der Waals surface area contributed by atoms with Crippen molar-refractivity contribution in [3.63, 3.8) is 0 Å². The van der Waals surface area contributed by atoms with Crippen molar-refractivity contribution in [1.82, 2.24) is 30.1 Å². The highest BCUT2D eigenvalue weighted by molar-refractivity contribution is 7.22. The highest BCUT2D eigenvalue weighted by Gasteiger charge is 2.52. The molecule has 0 spiro atoms. The van der Waals surface area contributed by atoms with E-state index in [9.17, 15) is 19.2 Å². The summed E-state index contributed by atoms with van der Waals surface area (Å²) in [5, 5.41) is 10.3. The second-order valence-corrected chi connectivity index (χ2v) is 14.5. The van der Waals surface area contributed by atoms with E-state index in [0.29, 0.717) is 26.6 Å². The summed E-state index contributed by atoms with van der Waals surface area (Å²) in [5.41, 5.74) is 9.57. The number of nitrogens with two attached hydrogens (primary N) is 1. The van der Waals surface area contributed by atoms with Gasteiger partial charge in [0.1, 0.15) is 18.0 Å². The van der Waals surface area contributed by atoms with Crippen LogP contribution in [0.1, 0.15) is 30.5 Å². The van der Waals surface area contributed by atoms with Gasteiger partial charge in [0.15, 0.2) is 11.7 Å². The van der Waals surface area contributed by atoms with Crippen molar-refractivity contribution in [1.29, 1.82) is 0 Å². The quantitative estimate of drug-likeness (QED) is 0.240. The van der Waals surface area contributed by atoms with Gasteiger partial charge in [0, 0.05) is 25.6 Å². The Bertz CT molecular complexity index is 2020. The molecule has 3 aliphatic rings. The van der Waals surface area contributed by atoms with Crippen molar-refractivity contribution in [3.05, 3.63) is 81.3 Å². The predicted octanol–water partition coefficient (Wildman–Crippen LogP) is 4.48. The standard InChI is InChI=1S/C34H34Cl2N8O5S/c1-18(2)44(34(48)38-13-20-6-8-22(35)23(36)10-20)42-16-30(46)43-25(12-19-7-9-26-24(11-19)39-28(45)17-49-26)32(47)41(15-29(42)43)14-21-4-3-5-27-31(21)40-33(37)50-27/h3-11,18,25,29H,12-17H2,1-2H3,(H2,37,40)(H,38,48)(H,39,45)/t25-,29+/m0/s1. The van der Waals surface area contributed by atoms with Crippen molar-refractivity contribution >= 4 is 79.3 Å². The van der Waals surface area contributed by atoms with Crippen LogP contribution in [0.2, 0.25) is 10.0 Å². The number of aromatic nitrogens is 1. The Morgan fingerprint density at radius 1 is 1.12 bits per heavy atom. The van der Waals surface area contributed by atoms with Crippen molar-refractivity contribution in [2.24, 2.45) is 0 Å². The molecular weight excluding hydrogens is 703 g/mol. The number of piperazine rings is 1. The van der Waals surface area contributed by atoms with Crippen LogP contribution in [0, 0.1) is 0 Å². The molecule has 2 saturated heterocycles. The van der Waals surface area contributed by atoms with Crippen molar-refractivity contribution < 1.29 is 23.9 Å². The number of hydrazine groups is 1. The molecule has 50 heavy (non-hydrogen) atoms. The van der Waals surface area contributed by atoms with Gasteiger partial charge in [-0.3, -0.25) is 19.4 Å². The topological polar surface area (TPSA) is 153 Å². The van der Waals surface area contributed by atoms with Gasteiger partial charge in [-0.25, -0.2) is 9.78 Å². The van der Waals surface area contributed by atoms with Crippen LogP contribution in [0.4, 0.5) is 15.6 Å². The molecule has 3 aliphatic heterocycles. The van der Waals surface area contributed by atoms with Gasteiger partial charge < -0.3 is 30.9 Å². The van der Waals surface area contributed by atoms with Crippen LogP contribution in [-0.2, 0) is 33.9 Å². The lowest BCUT2D eigenvalue weighted by molar-refractivity contribution is -0.158. The number of nitrogens with one attached hydrogen (secondary N) is 2. The molecule has 13 nitrogen and oxygen atoms in total. The molecule has 2 atom stereocenters. The van der Waals surface area contributed by atoms with Crippen molar-refractivity contribution in [2.45, 2.75) is 51.6 Å². The predicted molar refractivity (Wildman–Crippen MR) is 191 cm³/mol. The summed E-state index contributed by atoms with van der Waals surface area (Å²) in [6, 6.07) is 14.6. The summed E-state index contributed by atoms with van der Waals surface area (Å²) in [7, 11) is 0. The van der Waals surface area contributed by atoms with Gasteiger partial charge in [0.05, 0.1) is 39.0 Å². The second kappa shape index (κ2) is 13.6. The highest BCUT2D eigenvalue weighted by Crippen LogP contribution is 2.35. The van der Waals surface area contributed by atoms with Crippen LogP contribution < -0.4 is 21.1 Å². The highest BCUT2D eigenvalue weighted by atomic mass is 35.5. The zero-order valence-electron chi connectivity index (χ0n) is 27.2. The molecule has 260 valence electrons. The number of fused-ring (bicyclic) bond motifs is 3. The number of amides is 5. The van der Waals surface area contributed by atoms with Crippen LogP contribution >= 0.6 is 34.5 Å². The Balaban J connectivity index is 1.20. The number of hydrogen-bond acceptors (Lipinski definition) is 9. The molecule has 4 N–H and O–H groups in total. The minimum Gasteiger partial charge on any atom is -0.482 e. The number of nitrogen functional groups attached to an aromatic ring is 1. The fraction of sp³-hybridized carbons (Fsp3) is 0.324. The van der Waals surface area contributed by atoms with E-state index >= 15 is 0 Å². The van der Waals surface area contributed by atoms with E-state index in [0.717, 1.165) is 26.9 Å². The zero-order valence-corrected chi connectivity index (χ0v) is 29.5. The molecule has 16 heteroatoms. The largest absolute Gasteiger partial charge is 0.482 e. The molecule has 4 aromatic rings. The Labute approximate surface area is 301 Å². The normalized spacial score (nSPS) is 19.0.